The van der Waals surface area contributed by atoms with Gasteiger partial charge in [0.1, 0.15) is 5.52 Å². The van der Waals surface area contributed by atoms with E-state index in [1.165, 1.54) is 0 Å². The van der Waals surface area contributed by atoms with Gasteiger partial charge in [-0.3, -0.25) is 14.2 Å². The molecule has 7 nitrogen and oxygen atoms in total. The Bertz CT molecular complexity index is 851. The van der Waals surface area contributed by atoms with Crippen LogP contribution in [0.15, 0.2) is 33.7 Å². The molecule has 0 amide bonds. The van der Waals surface area contributed by atoms with Crippen LogP contribution >= 0.6 is 23.1 Å². The highest BCUT2D eigenvalue weighted by Gasteiger charge is 2.14. The van der Waals surface area contributed by atoms with Crippen LogP contribution in [0.4, 0.5) is 0 Å². The number of aromatic amines is 1. The van der Waals surface area contributed by atoms with Crippen molar-refractivity contribution in [2.24, 2.45) is 0 Å². The molecule has 3 aromatic heterocycles. The predicted molar refractivity (Wildman–Crippen MR) is 79.9 cm³/mol. The van der Waals surface area contributed by atoms with Crippen LogP contribution in [0.3, 0.4) is 0 Å². The van der Waals surface area contributed by atoms with E-state index >= 15 is 0 Å². The number of imidazole rings is 1. The van der Waals surface area contributed by atoms with Crippen LogP contribution in [-0.4, -0.2) is 36.3 Å². The van der Waals surface area contributed by atoms with Gasteiger partial charge in [0.25, 0.3) is 0 Å². The Labute approximate surface area is 126 Å². The summed E-state index contributed by atoms with van der Waals surface area (Å²) in [6.45, 7) is 0.397. The third-order valence-corrected chi connectivity index (χ3v) is 4.37. The van der Waals surface area contributed by atoms with E-state index in [0.717, 1.165) is 28.8 Å². The molecule has 21 heavy (non-hydrogen) atoms. The molecule has 0 bridgehead atoms. The molecule has 0 aromatic carbocycles. The fraction of sp³-hybridized carbons (Fsp3) is 0.167. The van der Waals surface area contributed by atoms with Crippen molar-refractivity contribution in [3.8, 4) is 0 Å². The molecule has 0 unspecified atom stereocenters. The summed E-state index contributed by atoms with van der Waals surface area (Å²) in [5, 5.41) is 11.1. The number of nitrogens with one attached hydrogen (secondary N) is 1. The van der Waals surface area contributed by atoms with E-state index in [2.05, 4.69) is 15.0 Å². The molecule has 0 saturated carbocycles. The quantitative estimate of drug-likeness (QED) is 0.689. The van der Waals surface area contributed by atoms with Crippen LogP contribution in [0.2, 0.25) is 0 Å². The second-order valence-electron chi connectivity index (χ2n) is 4.18. The number of rotatable bonds is 5. The van der Waals surface area contributed by atoms with Crippen LogP contribution in [0, 0.1) is 0 Å². The van der Waals surface area contributed by atoms with Gasteiger partial charge in [0.15, 0.2) is 10.8 Å². The number of thioether (sulfide) groups is 1. The molecule has 0 saturated heterocycles. The maximum absolute atomic E-state index is 11.2. The van der Waals surface area contributed by atoms with Crippen LogP contribution in [-0.2, 0) is 11.3 Å². The standard InChI is InChI=1S/C12H10N4O3S2/c17-9(18)6-20-11-15-8-2-1-3-13-10(8)16(11)4-7-5-21-12(19)14-7/h1-3,5H,4,6H2,(H,14,19)(H,17,18). The van der Waals surface area contributed by atoms with Crippen LogP contribution in [0.1, 0.15) is 5.69 Å². The first-order valence-electron chi connectivity index (χ1n) is 5.96. The normalized spacial score (nSPS) is 11.0. The molecule has 3 aromatic rings. The van der Waals surface area contributed by atoms with E-state index in [1.807, 2.05) is 6.07 Å². The molecule has 3 heterocycles. The van der Waals surface area contributed by atoms with E-state index in [1.54, 1.807) is 22.2 Å². The van der Waals surface area contributed by atoms with Crippen molar-refractivity contribution >= 4 is 40.2 Å². The largest absolute Gasteiger partial charge is 0.481 e. The summed E-state index contributed by atoms with van der Waals surface area (Å²) in [6, 6.07) is 3.60. The zero-order chi connectivity index (χ0) is 14.8. The summed E-state index contributed by atoms with van der Waals surface area (Å²) in [4.78, 5) is 33.3. The Kier molecular flexibility index (Phi) is 3.76. The molecule has 108 valence electrons. The molecule has 0 aliphatic carbocycles. The molecular weight excluding hydrogens is 312 g/mol. The van der Waals surface area contributed by atoms with Crippen molar-refractivity contribution in [1.29, 1.82) is 0 Å². The second kappa shape index (κ2) is 5.70. The minimum Gasteiger partial charge on any atom is -0.481 e. The summed E-state index contributed by atoms with van der Waals surface area (Å²) in [7, 11) is 0. The number of fused-ring (bicyclic) bond motifs is 1. The van der Waals surface area contributed by atoms with Gasteiger partial charge in [0.05, 0.1) is 12.3 Å². The lowest BCUT2D eigenvalue weighted by Crippen LogP contribution is -2.06. The van der Waals surface area contributed by atoms with Gasteiger partial charge in [0.2, 0.25) is 0 Å². The Hall–Kier alpha value is -2.13. The Morgan fingerprint density at radius 1 is 1.52 bits per heavy atom. The average Bonchev–Trinajstić information content (AvgIpc) is 3.01. The minimum atomic E-state index is -0.907. The van der Waals surface area contributed by atoms with Gasteiger partial charge >= 0.3 is 10.8 Å². The van der Waals surface area contributed by atoms with Gasteiger partial charge in [-0.15, -0.1) is 0 Å². The number of nitrogens with zero attached hydrogens (tertiary/aromatic N) is 3. The lowest BCUT2D eigenvalue weighted by atomic mass is 10.4. The van der Waals surface area contributed by atoms with E-state index in [0.29, 0.717) is 22.9 Å². The summed E-state index contributed by atoms with van der Waals surface area (Å²) in [5.74, 6) is -0.987. The number of hydrogen-bond donors (Lipinski definition) is 2. The number of thiazole rings is 1. The molecule has 0 fully saturated rings. The zero-order valence-corrected chi connectivity index (χ0v) is 12.3. The van der Waals surface area contributed by atoms with Crippen LogP contribution in [0.5, 0.6) is 0 Å². The molecule has 3 rings (SSSR count). The maximum Gasteiger partial charge on any atom is 0.313 e. The van der Waals surface area contributed by atoms with Gasteiger partial charge in [-0.25, -0.2) is 9.97 Å². The Balaban J connectivity index is 2.02. The Morgan fingerprint density at radius 2 is 2.38 bits per heavy atom. The van der Waals surface area contributed by atoms with E-state index < -0.39 is 5.97 Å². The number of carboxylic acid groups (broad SMARTS) is 1. The van der Waals surface area contributed by atoms with Gasteiger partial charge < -0.3 is 10.1 Å². The fourth-order valence-electron chi connectivity index (χ4n) is 1.88. The molecule has 0 radical (unpaired) electrons. The zero-order valence-electron chi connectivity index (χ0n) is 10.6. The van der Waals surface area contributed by atoms with E-state index in [9.17, 15) is 9.59 Å². The van der Waals surface area contributed by atoms with Crippen molar-refractivity contribution in [3.05, 3.63) is 39.1 Å². The number of pyridine rings is 1. The molecule has 0 aliphatic heterocycles. The smallest absolute Gasteiger partial charge is 0.313 e. The molecule has 2 N–H and O–H groups in total. The number of carbonyl (C=O) groups is 1. The lowest BCUT2D eigenvalue weighted by molar-refractivity contribution is -0.133. The summed E-state index contributed by atoms with van der Waals surface area (Å²) < 4.78 is 1.81. The third kappa shape index (κ3) is 2.98. The van der Waals surface area contributed by atoms with E-state index in [-0.39, 0.29) is 10.6 Å². The Morgan fingerprint density at radius 3 is 3.10 bits per heavy atom. The first-order chi connectivity index (χ1) is 10.1. The SMILES string of the molecule is O=C(O)CSc1nc2cccnc2n1Cc1csc(=O)[nH]1. The molecule has 0 aliphatic rings. The van der Waals surface area contributed by atoms with Crippen molar-refractivity contribution in [3.63, 3.8) is 0 Å². The van der Waals surface area contributed by atoms with E-state index in [4.69, 9.17) is 5.11 Å². The topological polar surface area (TPSA) is 101 Å². The van der Waals surface area contributed by atoms with Crippen LogP contribution < -0.4 is 4.87 Å². The average molecular weight is 322 g/mol. The van der Waals surface area contributed by atoms with Gasteiger partial charge in [-0.1, -0.05) is 23.1 Å². The molecular formula is C12H10N4O3S2. The number of aromatic nitrogens is 4. The highest BCUT2D eigenvalue weighted by Crippen LogP contribution is 2.23. The third-order valence-electron chi connectivity index (χ3n) is 2.69. The summed E-state index contributed by atoms with van der Waals surface area (Å²) >= 11 is 2.22. The fourth-order valence-corrected chi connectivity index (χ4v) is 3.17. The minimum absolute atomic E-state index is 0.0799. The first kappa shape index (κ1) is 13.8. The monoisotopic (exact) mass is 322 g/mol. The van der Waals surface area contributed by atoms with Crippen molar-refractivity contribution in [2.45, 2.75) is 11.7 Å². The second-order valence-corrected chi connectivity index (χ2v) is 5.97. The first-order valence-corrected chi connectivity index (χ1v) is 7.82. The predicted octanol–water partition coefficient (Wildman–Crippen LogP) is 1.41. The van der Waals surface area contributed by atoms with Crippen molar-refractivity contribution in [1.82, 2.24) is 19.5 Å². The molecule has 0 atom stereocenters. The maximum atomic E-state index is 11.2. The number of aliphatic carboxylic acids is 1. The van der Waals surface area contributed by atoms with Gasteiger partial charge in [-0.2, -0.15) is 0 Å². The highest BCUT2D eigenvalue weighted by molar-refractivity contribution is 7.99. The number of hydrogen-bond acceptors (Lipinski definition) is 6. The van der Waals surface area contributed by atoms with Gasteiger partial charge in [-0.05, 0) is 12.1 Å². The highest BCUT2D eigenvalue weighted by atomic mass is 32.2. The lowest BCUT2D eigenvalue weighted by Gasteiger charge is -2.05. The van der Waals surface area contributed by atoms with Crippen molar-refractivity contribution in [2.75, 3.05) is 5.75 Å². The molecule has 9 heteroatoms. The number of H-pyrrole nitrogens is 1. The number of carboxylic acids is 1. The van der Waals surface area contributed by atoms with Crippen LogP contribution in [0.25, 0.3) is 11.2 Å². The summed E-state index contributed by atoms with van der Waals surface area (Å²) in [6.07, 6.45) is 1.66. The molecule has 0 spiro atoms. The van der Waals surface area contributed by atoms with Gasteiger partial charge in [0, 0.05) is 17.3 Å². The summed E-state index contributed by atoms with van der Waals surface area (Å²) in [5.41, 5.74) is 2.10. The van der Waals surface area contributed by atoms with Crippen molar-refractivity contribution < 1.29 is 9.90 Å².